The van der Waals surface area contributed by atoms with Crippen LogP contribution in [-0.2, 0) is 4.79 Å². The van der Waals surface area contributed by atoms with Crippen LogP contribution < -0.4 is 0 Å². The lowest BCUT2D eigenvalue weighted by Gasteiger charge is -1.98. The minimum atomic E-state index is -0.0613. The highest BCUT2D eigenvalue weighted by atomic mass is 32.1. The molecule has 0 aliphatic rings. The van der Waals surface area contributed by atoms with Crippen LogP contribution in [0.5, 0.6) is 0 Å². The first kappa shape index (κ1) is 9.39. The second-order valence-electron chi connectivity index (χ2n) is 3.19. The molecule has 0 amide bonds. The minimum Gasteiger partial charge on any atom is -0.303 e. The first-order valence-corrected chi connectivity index (χ1v) is 4.93. The molecule has 0 aliphatic carbocycles. The van der Waals surface area contributed by atoms with Crippen molar-refractivity contribution in [3.63, 3.8) is 0 Å². The van der Waals surface area contributed by atoms with Gasteiger partial charge in [-0.05, 0) is 0 Å². The Morgan fingerprint density at radius 2 is 2.17 bits per heavy atom. The molecule has 1 heterocycles. The Balaban J connectivity index is 2.83. The van der Waals surface area contributed by atoms with Gasteiger partial charge in [0.15, 0.2) is 0 Å². The fourth-order valence-electron chi connectivity index (χ4n) is 0.845. The van der Waals surface area contributed by atoms with E-state index < -0.39 is 0 Å². The molecule has 1 rings (SSSR count). The zero-order valence-electron chi connectivity index (χ0n) is 7.57. The van der Waals surface area contributed by atoms with Crippen molar-refractivity contribution in [3.05, 3.63) is 16.1 Å². The van der Waals surface area contributed by atoms with Crippen molar-refractivity contribution in [2.45, 2.75) is 32.6 Å². The second kappa shape index (κ2) is 3.81. The summed E-state index contributed by atoms with van der Waals surface area (Å²) < 4.78 is 0. The normalized spacial score (nSPS) is 13.3. The molecule has 1 aromatic rings. The molecule has 0 N–H and O–H groups in total. The summed E-state index contributed by atoms with van der Waals surface area (Å²) in [5.41, 5.74) is 0.902. The van der Waals surface area contributed by atoms with E-state index in [1.165, 1.54) is 0 Å². The molecule has 0 bridgehead atoms. The van der Waals surface area contributed by atoms with Crippen LogP contribution in [-0.4, -0.2) is 11.3 Å². The molecule has 0 saturated carbocycles. The Bertz CT molecular complexity index is 267. The van der Waals surface area contributed by atoms with E-state index in [9.17, 15) is 4.79 Å². The molecule has 2 nitrogen and oxygen atoms in total. The van der Waals surface area contributed by atoms with E-state index in [4.69, 9.17) is 0 Å². The Labute approximate surface area is 76.6 Å². The molecular weight excluding hydrogens is 170 g/mol. The number of hydrogen-bond donors (Lipinski definition) is 0. The van der Waals surface area contributed by atoms with E-state index in [1.807, 2.05) is 12.3 Å². The zero-order valence-corrected chi connectivity index (χ0v) is 8.39. The number of aldehydes is 1. The summed E-state index contributed by atoms with van der Waals surface area (Å²) in [6.45, 7) is 6.08. The summed E-state index contributed by atoms with van der Waals surface area (Å²) >= 11 is 1.63. The fraction of sp³-hybridized carbons (Fsp3) is 0.556. The molecule has 0 radical (unpaired) electrons. The van der Waals surface area contributed by atoms with E-state index in [0.717, 1.165) is 17.0 Å². The van der Waals surface area contributed by atoms with Crippen LogP contribution in [0.1, 0.15) is 43.3 Å². The van der Waals surface area contributed by atoms with E-state index >= 15 is 0 Å². The van der Waals surface area contributed by atoms with Gasteiger partial charge in [0.1, 0.15) is 6.29 Å². The van der Waals surface area contributed by atoms with Crippen LogP contribution in [0, 0.1) is 0 Å². The minimum absolute atomic E-state index is 0.0613. The van der Waals surface area contributed by atoms with Crippen LogP contribution in [0.2, 0.25) is 0 Å². The van der Waals surface area contributed by atoms with Gasteiger partial charge in [-0.15, -0.1) is 11.3 Å². The van der Waals surface area contributed by atoms with Crippen molar-refractivity contribution in [3.8, 4) is 0 Å². The Kier molecular flexibility index (Phi) is 2.98. The van der Waals surface area contributed by atoms with Gasteiger partial charge in [-0.25, -0.2) is 4.98 Å². The average molecular weight is 183 g/mol. The van der Waals surface area contributed by atoms with Crippen molar-refractivity contribution in [1.29, 1.82) is 0 Å². The lowest BCUT2D eigenvalue weighted by Crippen LogP contribution is -1.95. The summed E-state index contributed by atoms with van der Waals surface area (Å²) in [4.78, 5) is 14.8. The molecule has 1 unspecified atom stereocenters. The van der Waals surface area contributed by atoms with E-state index in [-0.39, 0.29) is 5.92 Å². The molecular formula is C9H13NOS. The Morgan fingerprint density at radius 1 is 1.50 bits per heavy atom. The molecule has 0 fully saturated rings. The van der Waals surface area contributed by atoms with Gasteiger partial charge < -0.3 is 4.79 Å². The first-order valence-electron chi connectivity index (χ1n) is 4.05. The summed E-state index contributed by atoms with van der Waals surface area (Å²) in [5, 5.41) is 3.08. The van der Waals surface area contributed by atoms with Gasteiger partial charge in [-0.1, -0.05) is 20.8 Å². The lowest BCUT2D eigenvalue weighted by atomic mass is 10.1. The van der Waals surface area contributed by atoms with Crippen molar-refractivity contribution in [2.24, 2.45) is 0 Å². The summed E-state index contributed by atoms with van der Waals surface area (Å²) in [7, 11) is 0. The number of rotatable bonds is 3. The maximum absolute atomic E-state index is 10.4. The summed E-state index contributed by atoms with van der Waals surface area (Å²) in [5.74, 6) is 0.399. The third-order valence-electron chi connectivity index (χ3n) is 1.70. The third-order valence-corrected chi connectivity index (χ3v) is 2.87. The second-order valence-corrected chi connectivity index (χ2v) is 4.08. The van der Waals surface area contributed by atoms with Crippen LogP contribution in [0.15, 0.2) is 5.38 Å². The predicted molar refractivity (Wildman–Crippen MR) is 50.7 cm³/mol. The smallest absolute Gasteiger partial charge is 0.128 e. The number of aromatic nitrogens is 1. The highest BCUT2D eigenvalue weighted by molar-refractivity contribution is 7.09. The predicted octanol–water partition coefficient (Wildman–Crippen LogP) is 2.57. The van der Waals surface area contributed by atoms with Crippen molar-refractivity contribution >= 4 is 17.6 Å². The SMILES string of the molecule is CC(C)c1nc(C(C)C=O)cs1. The van der Waals surface area contributed by atoms with Gasteiger partial charge >= 0.3 is 0 Å². The van der Waals surface area contributed by atoms with Gasteiger partial charge in [0.25, 0.3) is 0 Å². The molecule has 0 aromatic carbocycles. The van der Waals surface area contributed by atoms with Crippen molar-refractivity contribution in [2.75, 3.05) is 0 Å². The molecule has 0 saturated heterocycles. The monoisotopic (exact) mass is 183 g/mol. The molecule has 1 aromatic heterocycles. The topological polar surface area (TPSA) is 30.0 Å². The number of thiazole rings is 1. The highest BCUT2D eigenvalue weighted by Gasteiger charge is 2.10. The van der Waals surface area contributed by atoms with Gasteiger partial charge in [0, 0.05) is 11.3 Å². The summed E-state index contributed by atoms with van der Waals surface area (Å²) in [6.07, 6.45) is 0.930. The zero-order chi connectivity index (χ0) is 9.14. The number of carbonyl (C=O) groups is 1. The quantitative estimate of drug-likeness (QED) is 0.674. The van der Waals surface area contributed by atoms with Crippen molar-refractivity contribution in [1.82, 2.24) is 4.98 Å². The molecule has 1 atom stereocenters. The number of hydrogen-bond acceptors (Lipinski definition) is 3. The first-order chi connectivity index (χ1) is 5.65. The van der Waals surface area contributed by atoms with Crippen LogP contribution in [0.25, 0.3) is 0 Å². The van der Waals surface area contributed by atoms with Crippen molar-refractivity contribution < 1.29 is 4.79 Å². The molecule has 12 heavy (non-hydrogen) atoms. The van der Waals surface area contributed by atoms with Crippen LogP contribution >= 0.6 is 11.3 Å². The van der Waals surface area contributed by atoms with E-state index in [1.54, 1.807) is 11.3 Å². The third kappa shape index (κ3) is 1.91. The molecule has 0 aliphatic heterocycles. The van der Waals surface area contributed by atoms with E-state index in [2.05, 4.69) is 18.8 Å². The van der Waals surface area contributed by atoms with Gasteiger partial charge in [-0.2, -0.15) is 0 Å². The number of carbonyl (C=O) groups excluding carboxylic acids is 1. The Hall–Kier alpha value is -0.700. The maximum atomic E-state index is 10.4. The Morgan fingerprint density at radius 3 is 2.58 bits per heavy atom. The summed E-state index contributed by atoms with van der Waals surface area (Å²) in [6, 6.07) is 0. The van der Waals surface area contributed by atoms with E-state index in [0.29, 0.717) is 5.92 Å². The van der Waals surface area contributed by atoms with Gasteiger partial charge in [0.2, 0.25) is 0 Å². The molecule has 66 valence electrons. The fourth-order valence-corrected chi connectivity index (χ4v) is 1.78. The van der Waals surface area contributed by atoms with Gasteiger partial charge in [0.05, 0.1) is 16.6 Å². The number of nitrogens with zero attached hydrogens (tertiary/aromatic N) is 1. The average Bonchev–Trinajstić information content (AvgIpc) is 2.51. The lowest BCUT2D eigenvalue weighted by molar-refractivity contribution is -0.108. The molecule has 0 spiro atoms. The van der Waals surface area contributed by atoms with Crippen LogP contribution in [0.4, 0.5) is 0 Å². The standard InChI is InChI=1S/C9H13NOS/c1-6(2)9-10-8(5-12-9)7(3)4-11/h4-7H,1-3H3. The van der Waals surface area contributed by atoms with Crippen LogP contribution in [0.3, 0.4) is 0 Å². The molecule has 3 heteroatoms. The van der Waals surface area contributed by atoms with Gasteiger partial charge in [-0.3, -0.25) is 0 Å². The highest BCUT2D eigenvalue weighted by Crippen LogP contribution is 2.22. The maximum Gasteiger partial charge on any atom is 0.128 e. The largest absolute Gasteiger partial charge is 0.303 e.